The van der Waals surface area contributed by atoms with Crippen LogP contribution in [0.15, 0.2) is 42.1 Å². The lowest BCUT2D eigenvalue weighted by Gasteiger charge is -2.40. The minimum absolute atomic E-state index is 0.141. The first-order valence-corrected chi connectivity index (χ1v) is 15.4. The van der Waals surface area contributed by atoms with Crippen molar-refractivity contribution in [3.8, 4) is 11.5 Å². The molecule has 254 valence electrons. The number of alkyl halides is 3. The van der Waals surface area contributed by atoms with E-state index < -0.39 is 36.4 Å². The fourth-order valence-electron chi connectivity index (χ4n) is 5.89. The molecule has 0 bridgehead atoms. The number of likely N-dealkylation sites (tertiary alicyclic amines) is 1. The van der Waals surface area contributed by atoms with Gasteiger partial charge in [0.2, 0.25) is 5.91 Å². The lowest BCUT2D eigenvalue weighted by molar-refractivity contribution is -0.217. The summed E-state index contributed by atoms with van der Waals surface area (Å²) in [5, 5.41) is 1.49. The van der Waals surface area contributed by atoms with Crippen LogP contribution in [0.25, 0.3) is 0 Å². The average molecular weight is 664 g/mol. The number of hydroxylamine groups is 2. The lowest BCUT2D eigenvalue weighted by Crippen LogP contribution is -2.50. The van der Waals surface area contributed by atoms with Crippen molar-refractivity contribution >= 4 is 23.6 Å². The number of hydrogen-bond acceptors (Lipinski definition) is 8. The van der Waals surface area contributed by atoms with Crippen molar-refractivity contribution in [3.05, 3.63) is 59.0 Å². The molecule has 47 heavy (non-hydrogen) atoms. The molecule has 0 aromatic heterocycles. The van der Waals surface area contributed by atoms with E-state index in [9.17, 15) is 31.9 Å². The molecular weight excluding hydrogens is 626 g/mol. The molecule has 3 heterocycles. The summed E-state index contributed by atoms with van der Waals surface area (Å²) < 4.78 is 70.0. The molecule has 0 spiro atoms. The van der Waals surface area contributed by atoms with Gasteiger partial charge in [-0.25, -0.2) is 19.0 Å². The van der Waals surface area contributed by atoms with Crippen LogP contribution in [0.5, 0.6) is 11.5 Å². The Kier molecular flexibility index (Phi) is 10.0. The van der Waals surface area contributed by atoms with E-state index in [1.54, 1.807) is 17.0 Å². The number of ether oxygens (including phenoxy) is 3. The van der Waals surface area contributed by atoms with Crippen molar-refractivity contribution in [2.45, 2.75) is 83.4 Å². The Bertz CT molecular complexity index is 1530. The second-order valence-electron chi connectivity index (χ2n) is 12.7. The van der Waals surface area contributed by atoms with Crippen LogP contribution in [0, 0.1) is 5.82 Å². The maximum atomic E-state index is 14.3. The van der Waals surface area contributed by atoms with Gasteiger partial charge in [-0.05, 0) is 51.8 Å². The highest BCUT2D eigenvalue weighted by Gasteiger charge is 2.36. The maximum absolute atomic E-state index is 14.3. The molecular formula is C33H37F4N3O7. The number of piperidine rings is 2. The van der Waals surface area contributed by atoms with E-state index in [0.29, 0.717) is 37.1 Å². The van der Waals surface area contributed by atoms with Crippen LogP contribution in [-0.2, 0) is 32.2 Å². The Morgan fingerprint density at radius 2 is 1.81 bits per heavy atom. The second-order valence-corrected chi connectivity index (χ2v) is 12.7. The highest BCUT2D eigenvalue weighted by molar-refractivity contribution is 5.91. The summed E-state index contributed by atoms with van der Waals surface area (Å²) in [5.41, 5.74) is 0.730. The monoisotopic (exact) mass is 663 g/mol. The zero-order chi connectivity index (χ0) is 33.9. The van der Waals surface area contributed by atoms with Crippen molar-refractivity contribution in [2.75, 3.05) is 31.1 Å². The number of amides is 2. The van der Waals surface area contributed by atoms with Crippen LogP contribution in [0.4, 0.5) is 28.0 Å². The fraction of sp³-hybridized carbons (Fsp3) is 0.515. The quantitative estimate of drug-likeness (QED) is 0.261. The van der Waals surface area contributed by atoms with Crippen molar-refractivity contribution in [2.24, 2.45) is 0 Å². The Morgan fingerprint density at radius 1 is 1.06 bits per heavy atom. The predicted octanol–water partition coefficient (Wildman–Crippen LogP) is 5.75. The summed E-state index contributed by atoms with van der Waals surface area (Å²) in [6, 6.07) is 8.53. The van der Waals surface area contributed by atoms with E-state index >= 15 is 0 Å². The molecule has 0 radical (unpaired) electrons. The highest BCUT2D eigenvalue weighted by Crippen LogP contribution is 2.35. The van der Waals surface area contributed by atoms with Crippen LogP contribution < -0.4 is 14.4 Å². The van der Waals surface area contributed by atoms with E-state index in [1.165, 1.54) is 34.2 Å². The molecule has 2 fully saturated rings. The summed E-state index contributed by atoms with van der Waals surface area (Å²) >= 11 is 0. The molecule has 5 rings (SSSR count). The SMILES string of the molecule is CC(C)(C)ON1CCC(Oc2ccc(CC(=O)N3CCC(N4C(=O)OCc5c(F)cccc54)CC3)c(OCC(F)(F)F)c2)CC1=C=O. The number of anilines is 1. The number of nitrogens with zero attached hydrogens (tertiary/aromatic N) is 3. The van der Waals surface area contributed by atoms with Crippen LogP contribution in [0.3, 0.4) is 0 Å². The Balaban J connectivity index is 1.24. The third-order valence-electron chi connectivity index (χ3n) is 8.03. The fourth-order valence-corrected chi connectivity index (χ4v) is 5.89. The van der Waals surface area contributed by atoms with Gasteiger partial charge < -0.3 is 19.1 Å². The zero-order valence-corrected chi connectivity index (χ0v) is 26.4. The van der Waals surface area contributed by atoms with Crippen molar-refractivity contribution in [1.82, 2.24) is 9.96 Å². The van der Waals surface area contributed by atoms with E-state index in [-0.39, 0.29) is 67.2 Å². The third kappa shape index (κ3) is 8.55. The first-order chi connectivity index (χ1) is 22.2. The van der Waals surface area contributed by atoms with Gasteiger partial charge >= 0.3 is 12.3 Å². The molecule has 0 aliphatic carbocycles. The molecule has 14 heteroatoms. The van der Waals surface area contributed by atoms with Crippen LogP contribution in [0.2, 0.25) is 0 Å². The molecule has 10 nitrogen and oxygen atoms in total. The van der Waals surface area contributed by atoms with Gasteiger partial charge in [0.05, 0.1) is 17.7 Å². The van der Waals surface area contributed by atoms with Crippen molar-refractivity contribution in [1.29, 1.82) is 0 Å². The number of carbonyl (C=O) groups is 2. The number of halogens is 4. The highest BCUT2D eigenvalue weighted by atomic mass is 19.4. The minimum Gasteiger partial charge on any atom is -0.490 e. The van der Waals surface area contributed by atoms with Gasteiger partial charge in [-0.3, -0.25) is 14.5 Å². The summed E-state index contributed by atoms with van der Waals surface area (Å²) in [6.07, 6.45) is -4.41. The number of benzene rings is 2. The first-order valence-electron chi connectivity index (χ1n) is 15.4. The smallest absolute Gasteiger partial charge is 0.422 e. The summed E-state index contributed by atoms with van der Waals surface area (Å²) in [5.74, 6) is 1.18. The molecule has 2 amide bonds. The van der Waals surface area contributed by atoms with Crippen LogP contribution in [0.1, 0.15) is 57.6 Å². The predicted molar refractivity (Wildman–Crippen MR) is 161 cm³/mol. The Hall–Kier alpha value is -4.29. The van der Waals surface area contributed by atoms with Gasteiger partial charge in [-0.2, -0.15) is 13.2 Å². The van der Waals surface area contributed by atoms with Gasteiger partial charge in [-0.15, -0.1) is 0 Å². The molecule has 1 atom stereocenters. The van der Waals surface area contributed by atoms with E-state index in [1.807, 2.05) is 26.7 Å². The Labute approximate surface area is 269 Å². The largest absolute Gasteiger partial charge is 0.490 e. The summed E-state index contributed by atoms with van der Waals surface area (Å²) in [4.78, 5) is 46.3. The molecule has 3 aliphatic heterocycles. The lowest BCUT2D eigenvalue weighted by atomic mass is 9.99. The normalized spacial score (nSPS) is 19.2. The molecule has 2 aromatic rings. The number of fused-ring (bicyclic) bond motifs is 1. The summed E-state index contributed by atoms with van der Waals surface area (Å²) in [6.45, 7) is 4.76. The third-order valence-corrected chi connectivity index (χ3v) is 8.03. The zero-order valence-electron chi connectivity index (χ0n) is 26.4. The molecule has 0 saturated carbocycles. The average Bonchev–Trinajstić information content (AvgIpc) is 3.01. The molecule has 2 saturated heterocycles. The standard InChI is InChI=1S/C33H37F4N3O7/c1-32(2,3)47-39-14-11-25(16-23(39)18-41)46-24-8-7-21(29(17-24)45-20-33(35,36)37)15-30(42)38-12-9-22(10-13-38)40-28-6-4-5-27(34)26(28)19-44-31(40)43/h4-8,17,22,25H,9-16,19-20H2,1-3H3. The first kappa shape index (κ1) is 34.1. The molecule has 1 unspecified atom stereocenters. The van der Waals surface area contributed by atoms with Gasteiger partial charge in [0.25, 0.3) is 0 Å². The number of rotatable bonds is 8. The second kappa shape index (κ2) is 13.8. The van der Waals surface area contributed by atoms with E-state index in [2.05, 4.69) is 0 Å². The number of hydrogen-bond donors (Lipinski definition) is 0. The molecule has 3 aliphatic rings. The van der Waals surface area contributed by atoms with Crippen molar-refractivity contribution < 1.29 is 51.0 Å². The van der Waals surface area contributed by atoms with E-state index in [4.69, 9.17) is 19.0 Å². The van der Waals surface area contributed by atoms with Crippen LogP contribution >= 0.6 is 0 Å². The minimum atomic E-state index is -4.61. The Morgan fingerprint density at radius 3 is 2.49 bits per heavy atom. The van der Waals surface area contributed by atoms with Gasteiger partial charge in [0, 0.05) is 55.7 Å². The van der Waals surface area contributed by atoms with E-state index in [0.717, 1.165) is 0 Å². The topological polar surface area (TPSA) is 97.9 Å². The molecule has 2 aromatic carbocycles. The number of carbonyl (C=O) groups excluding carboxylic acids is 3. The number of cyclic esters (lactones) is 1. The van der Waals surface area contributed by atoms with Crippen molar-refractivity contribution in [3.63, 3.8) is 0 Å². The van der Waals surface area contributed by atoms with Gasteiger partial charge in [0.1, 0.15) is 41.7 Å². The van der Waals surface area contributed by atoms with Crippen LogP contribution in [-0.4, -0.2) is 78.1 Å². The summed E-state index contributed by atoms with van der Waals surface area (Å²) in [7, 11) is 0. The van der Waals surface area contributed by atoms with Gasteiger partial charge in [-0.1, -0.05) is 12.1 Å². The molecule has 0 N–H and O–H groups in total. The maximum Gasteiger partial charge on any atom is 0.422 e. The van der Waals surface area contributed by atoms with Gasteiger partial charge in [0.15, 0.2) is 6.61 Å².